The molecule has 4 heteroatoms. The van der Waals surface area contributed by atoms with Crippen LogP contribution in [0.2, 0.25) is 0 Å². The SMILES string of the molecule is COc1ccccc1NC1(C(N)=O)CCC(C)CC1. The van der Waals surface area contributed by atoms with Crippen LogP contribution in [0.15, 0.2) is 24.3 Å². The molecule has 0 aromatic heterocycles. The number of hydrogen-bond donors (Lipinski definition) is 2. The number of amides is 1. The fourth-order valence-electron chi connectivity index (χ4n) is 2.69. The molecule has 104 valence electrons. The monoisotopic (exact) mass is 262 g/mol. The summed E-state index contributed by atoms with van der Waals surface area (Å²) in [5.41, 5.74) is 5.84. The Bertz CT molecular complexity index is 451. The summed E-state index contributed by atoms with van der Waals surface area (Å²) in [6, 6.07) is 7.62. The Kier molecular flexibility index (Phi) is 3.98. The Morgan fingerprint density at radius 2 is 2.00 bits per heavy atom. The van der Waals surface area contributed by atoms with E-state index < -0.39 is 5.54 Å². The smallest absolute Gasteiger partial charge is 0.243 e. The second kappa shape index (κ2) is 5.51. The van der Waals surface area contributed by atoms with Gasteiger partial charge in [0.25, 0.3) is 0 Å². The van der Waals surface area contributed by atoms with Gasteiger partial charge in [0, 0.05) is 0 Å². The van der Waals surface area contributed by atoms with E-state index >= 15 is 0 Å². The molecule has 1 fully saturated rings. The number of para-hydroxylation sites is 2. The zero-order chi connectivity index (χ0) is 13.9. The van der Waals surface area contributed by atoms with Crippen LogP contribution in [0.3, 0.4) is 0 Å². The van der Waals surface area contributed by atoms with Gasteiger partial charge in [-0.15, -0.1) is 0 Å². The van der Waals surface area contributed by atoms with Gasteiger partial charge in [-0.05, 0) is 43.7 Å². The maximum absolute atomic E-state index is 11.9. The van der Waals surface area contributed by atoms with Gasteiger partial charge >= 0.3 is 0 Å². The van der Waals surface area contributed by atoms with Crippen LogP contribution in [0.5, 0.6) is 5.75 Å². The zero-order valence-electron chi connectivity index (χ0n) is 11.6. The topological polar surface area (TPSA) is 64.3 Å². The highest BCUT2D eigenvalue weighted by Crippen LogP contribution is 2.36. The molecule has 0 aliphatic heterocycles. The average molecular weight is 262 g/mol. The van der Waals surface area contributed by atoms with E-state index in [4.69, 9.17) is 10.5 Å². The first kappa shape index (κ1) is 13.7. The van der Waals surface area contributed by atoms with Crippen molar-refractivity contribution in [1.82, 2.24) is 0 Å². The van der Waals surface area contributed by atoms with Crippen LogP contribution in [-0.4, -0.2) is 18.6 Å². The van der Waals surface area contributed by atoms with Crippen molar-refractivity contribution in [3.05, 3.63) is 24.3 Å². The van der Waals surface area contributed by atoms with Crippen molar-refractivity contribution in [2.45, 2.75) is 38.1 Å². The molecule has 1 aliphatic carbocycles. The summed E-state index contributed by atoms with van der Waals surface area (Å²) in [7, 11) is 1.63. The van der Waals surface area contributed by atoms with Crippen LogP contribution in [0.4, 0.5) is 5.69 Å². The van der Waals surface area contributed by atoms with E-state index in [1.807, 2.05) is 24.3 Å². The van der Waals surface area contributed by atoms with Crippen molar-refractivity contribution in [1.29, 1.82) is 0 Å². The van der Waals surface area contributed by atoms with Gasteiger partial charge in [0.15, 0.2) is 0 Å². The second-order valence-electron chi connectivity index (χ2n) is 5.45. The quantitative estimate of drug-likeness (QED) is 0.876. The number of ether oxygens (including phenoxy) is 1. The molecular formula is C15H22N2O2. The van der Waals surface area contributed by atoms with Crippen molar-refractivity contribution in [3.63, 3.8) is 0 Å². The van der Waals surface area contributed by atoms with Gasteiger partial charge in [-0.1, -0.05) is 19.1 Å². The molecule has 0 saturated heterocycles. The van der Waals surface area contributed by atoms with Gasteiger partial charge < -0.3 is 15.8 Å². The van der Waals surface area contributed by atoms with Gasteiger partial charge in [-0.3, -0.25) is 4.79 Å². The van der Waals surface area contributed by atoms with E-state index in [9.17, 15) is 4.79 Å². The molecular weight excluding hydrogens is 240 g/mol. The normalized spacial score (nSPS) is 26.7. The van der Waals surface area contributed by atoms with Crippen LogP contribution in [0, 0.1) is 5.92 Å². The molecule has 0 heterocycles. The Morgan fingerprint density at radius 1 is 1.37 bits per heavy atom. The predicted octanol–water partition coefficient (Wildman–Crippen LogP) is 2.54. The van der Waals surface area contributed by atoms with E-state index in [1.165, 1.54) is 0 Å². The molecule has 1 amide bonds. The third kappa shape index (κ3) is 2.83. The van der Waals surface area contributed by atoms with Gasteiger partial charge in [-0.25, -0.2) is 0 Å². The van der Waals surface area contributed by atoms with Crippen molar-refractivity contribution in [2.24, 2.45) is 11.7 Å². The fraction of sp³-hybridized carbons (Fsp3) is 0.533. The highest BCUT2D eigenvalue weighted by atomic mass is 16.5. The van der Waals surface area contributed by atoms with Crippen LogP contribution in [-0.2, 0) is 4.79 Å². The number of carbonyl (C=O) groups excluding carboxylic acids is 1. The molecule has 4 nitrogen and oxygen atoms in total. The molecule has 1 aromatic carbocycles. The number of primary amides is 1. The number of nitrogens with one attached hydrogen (secondary N) is 1. The molecule has 3 N–H and O–H groups in total. The van der Waals surface area contributed by atoms with E-state index in [-0.39, 0.29) is 5.91 Å². The fourth-order valence-corrected chi connectivity index (χ4v) is 2.69. The lowest BCUT2D eigenvalue weighted by Crippen LogP contribution is -2.52. The third-order valence-corrected chi connectivity index (χ3v) is 4.08. The molecule has 2 rings (SSSR count). The maximum Gasteiger partial charge on any atom is 0.243 e. The van der Waals surface area contributed by atoms with E-state index in [1.54, 1.807) is 7.11 Å². The Balaban J connectivity index is 2.24. The molecule has 0 bridgehead atoms. The largest absolute Gasteiger partial charge is 0.495 e. The number of benzene rings is 1. The first-order valence-corrected chi connectivity index (χ1v) is 6.78. The molecule has 19 heavy (non-hydrogen) atoms. The standard InChI is InChI=1S/C15H22N2O2/c1-11-7-9-15(10-8-11,14(16)18)17-12-5-3-4-6-13(12)19-2/h3-6,11,17H,7-10H2,1-2H3,(H2,16,18). The number of methoxy groups -OCH3 is 1. The van der Waals surface area contributed by atoms with Gasteiger partial charge in [0.1, 0.15) is 11.3 Å². The molecule has 0 atom stereocenters. The summed E-state index contributed by atoms with van der Waals surface area (Å²) in [5.74, 6) is 1.12. The second-order valence-corrected chi connectivity index (χ2v) is 5.45. The number of carbonyl (C=O) groups is 1. The lowest BCUT2D eigenvalue weighted by atomic mass is 9.76. The minimum Gasteiger partial charge on any atom is -0.495 e. The summed E-state index contributed by atoms with van der Waals surface area (Å²) in [6.07, 6.45) is 3.60. The van der Waals surface area contributed by atoms with Crippen LogP contribution < -0.4 is 15.8 Å². The molecule has 1 aromatic rings. The summed E-state index contributed by atoms with van der Waals surface area (Å²) in [5, 5.41) is 3.33. The van der Waals surface area contributed by atoms with Crippen molar-refractivity contribution in [2.75, 3.05) is 12.4 Å². The number of anilines is 1. The molecule has 0 radical (unpaired) electrons. The summed E-state index contributed by atoms with van der Waals surface area (Å²) < 4.78 is 5.32. The Labute approximate surface area is 114 Å². The highest BCUT2D eigenvalue weighted by molar-refractivity contribution is 5.88. The summed E-state index contributed by atoms with van der Waals surface area (Å²) in [6.45, 7) is 2.22. The number of nitrogens with two attached hydrogens (primary N) is 1. The van der Waals surface area contributed by atoms with E-state index in [0.717, 1.165) is 37.1 Å². The van der Waals surface area contributed by atoms with E-state index in [2.05, 4.69) is 12.2 Å². The highest BCUT2D eigenvalue weighted by Gasteiger charge is 2.39. The van der Waals surface area contributed by atoms with Crippen LogP contribution in [0.1, 0.15) is 32.6 Å². The molecule has 1 saturated carbocycles. The first-order chi connectivity index (χ1) is 9.07. The van der Waals surface area contributed by atoms with Crippen LogP contribution >= 0.6 is 0 Å². The minimum absolute atomic E-state index is 0.273. The van der Waals surface area contributed by atoms with Crippen LogP contribution in [0.25, 0.3) is 0 Å². The Hall–Kier alpha value is -1.71. The lowest BCUT2D eigenvalue weighted by Gasteiger charge is -2.38. The maximum atomic E-state index is 11.9. The predicted molar refractivity (Wildman–Crippen MR) is 76.2 cm³/mol. The Morgan fingerprint density at radius 3 is 2.58 bits per heavy atom. The average Bonchev–Trinajstić information content (AvgIpc) is 2.42. The third-order valence-electron chi connectivity index (χ3n) is 4.08. The number of hydrogen-bond acceptors (Lipinski definition) is 3. The van der Waals surface area contributed by atoms with Gasteiger partial charge in [0.05, 0.1) is 12.8 Å². The van der Waals surface area contributed by atoms with E-state index in [0.29, 0.717) is 5.92 Å². The zero-order valence-corrected chi connectivity index (χ0v) is 11.6. The molecule has 1 aliphatic rings. The van der Waals surface area contributed by atoms with Gasteiger partial charge in [0.2, 0.25) is 5.91 Å². The van der Waals surface area contributed by atoms with Crippen molar-refractivity contribution < 1.29 is 9.53 Å². The molecule has 0 spiro atoms. The van der Waals surface area contributed by atoms with Gasteiger partial charge in [-0.2, -0.15) is 0 Å². The number of rotatable bonds is 4. The molecule has 0 unspecified atom stereocenters. The lowest BCUT2D eigenvalue weighted by molar-refractivity contribution is -0.123. The summed E-state index contributed by atoms with van der Waals surface area (Å²) in [4.78, 5) is 11.9. The van der Waals surface area contributed by atoms with Crippen molar-refractivity contribution in [3.8, 4) is 5.75 Å². The van der Waals surface area contributed by atoms with Crippen molar-refractivity contribution >= 4 is 11.6 Å². The first-order valence-electron chi connectivity index (χ1n) is 6.78. The summed E-state index contributed by atoms with van der Waals surface area (Å²) >= 11 is 0. The minimum atomic E-state index is -0.638.